The molecular weight excluding hydrogens is 120 g/mol. The molecule has 0 heterocycles. The van der Waals surface area contributed by atoms with E-state index >= 15 is 0 Å². The highest BCUT2D eigenvalue weighted by Gasteiger charge is 2.14. The second-order valence-corrected chi connectivity index (χ2v) is 1.96. The number of hydrogen-bond acceptors (Lipinski definition) is 3. The third kappa shape index (κ3) is 2.58. The lowest BCUT2D eigenvalue weighted by atomic mass is 10.0. The third-order valence-corrected chi connectivity index (χ3v) is 1.30. The Labute approximate surface area is 54.3 Å². The maximum absolute atomic E-state index is 10.0. The molecule has 0 saturated heterocycles. The number of aldehydes is 1. The summed E-state index contributed by atoms with van der Waals surface area (Å²) < 4.78 is 0. The molecule has 0 amide bonds. The van der Waals surface area contributed by atoms with Crippen molar-refractivity contribution < 1.29 is 15.0 Å². The molecule has 0 aromatic heterocycles. The van der Waals surface area contributed by atoms with Crippen LogP contribution in [0.2, 0.25) is 0 Å². The molecule has 0 aromatic rings. The van der Waals surface area contributed by atoms with Crippen LogP contribution in [0, 0.1) is 5.92 Å². The molecule has 0 aliphatic heterocycles. The zero-order valence-corrected chi connectivity index (χ0v) is 5.45. The van der Waals surface area contributed by atoms with Crippen molar-refractivity contribution in [2.45, 2.75) is 19.4 Å². The maximum Gasteiger partial charge on any atom is 0.127 e. The van der Waals surface area contributed by atoms with Crippen molar-refractivity contribution >= 4 is 6.29 Å². The fraction of sp³-hybridized carbons (Fsp3) is 0.833. The fourth-order valence-corrected chi connectivity index (χ4v) is 0.558. The predicted octanol–water partition coefficient (Wildman–Crippen LogP) is -0.435. The molecule has 3 nitrogen and oxygen atoms in total. The molecule has 0 aliphatic rings. The molecule has 0 bridgehead atoms. The van der Waals surface area contributed by atoms with Crippen molar-refractivity contribution in [3.8, 4) is 0 Å². The topological polar surface area (TPSA) is 57.5 Å². The number of aliphatic hydroxyl groups excluding tert-OH is 2. The molecule has 2 unspecified atom stereocenters. The van der Waals surface area contributed by atoms with Gasteiger partial charge in [0.2, 0.25) is 0 Å². The quantitative estimate of drug-likeness (QED) is 0.510. The minimum atomic E-state index is -0.688. The van der Waals surface area contributed by atoms with Gasteiger partial charge in [-0.15, -0.1) is 0 Å². The van der Waals surface area contributed by atoms with Crippen LogP contribution in [0.3, 0.4) is 0 Å². The first-order valence-corrected chi connectivity index (χ1v) is 3.00. The van der Waals surface area contributed by atoms with Crippen LogP contribution in [-0.2, 0) is 4.79 Å². The van der Waals surface area contributed by atoms with Crippen molar-refractivity contribution in [1.29, 1.82) is 0 Å². The van der Waals surface area contributed by atoms with Gasteiger partial charge in [0.05, 0.1) is 18.6 Å². The van der Waals surface area contributed by atoms with E-state index in [9.17, 15) is 4.79 Å². The first kappa shape index (κ1) is 8.59. The van der Waals surface area contributed by atoms with Gasteiger partial charge in [0.15, 0.2) is 0 Å². The highest BCUT2D eigenvalue weighted by Crippen LogP contribution is 2.02. The monoisotopic (exact) mass is 132 g/mol. The summed E-state index contributed by atoms with van der Waals surface area (Å²) >= 11 is 0. The van der Waals surface area contributed by atoms with Crippen molar-refractivity contribution in [3.63, 3.8) is 0 Å². The summed E-state index contributed by atoms with van der Waals surface area (Å²) in [4.78, 5) is 10.0. The molecule has 3 heteroatoms. The van der Waals surface area contributed by atoms with Gasteiger partial charge in [0, 0.05) is 0 Å². The van der Waals surface area contributed by atoms with Gasteiger partial charge < -0.3 is 15.0 Å². The molecule has 0 rings (SSSR count). The van der Waals surface area contributed by atoms with Crippen molar-refractivity contribution in [2.24, 2.45) is 5.92 Å². The fourth-order valence-electron chi connectivity index (χ4n) is 0.558. The van der Waals surface area contributed by atoms with Crippen molar-refractivity contribution in [3.05, 3.63) is 0 Å². The molecule has 0 aliphatic carbocycles. The lowest BCUT2D eigenvalue weighted by Gasteiger charge is -2.11. The molecule has 0 radical (unpaired) electrons. The molecule has 0 fully saturated rings. The van der Waals surface area contributed by atoms with Crippen LogP contribution < -0.4 is 0 Å². The zero-order chi connectivity index (χ0) is 7.28. The average Bonchev–Trinajstić information content (AvgIpc) is 1.90. The van der Waals surface area contributed by atoms with E-state index in [4.69, 9.17) is 10.2 Å². The molecule has 2 N–H and O–H groups in total. The Balaban J connectivity index is 3.63. The van der Waals surface area contributed by atoms with Crippen molar-refractivity contribution in [1.82, 2.24) is 0 Å². The van der Waals surface area contributed by atoms with E-state index in [-0.39, 0.29) is 6.61 Å². The Morgan fingerprint density at radius 2 is 2.22 bits per heavy atom. The Morgan fingerprint density at radius 1 is 1.67 bits per heavy atom. The molecule has 54 valence electrons. The number of carbonyl (C=O) groups is 1. The van der Waals surface area contributed by atoms with Gasteiger partial charge in [0.25, 0.3) is 0 Å². The second-order valence-electron chi connectivity index (χ2n) is 1.96. The number of rotatable bonds is 4. The van der Waals surface area contributed by atoms with Crippen molar-refractivity contribution in [2.75, 3.05) is 6.61 Å². The number of aliphatic hydroxyl groups is 2. The Hall–Kier alpha value is -0.410. The second kappa shape index (κ2) is 4.47. The normalized spacial score (nSPS) is 16.8. The summed E-state index contributed by atoms with van der Waals surface area (Å²) in [5.74, 6) is -0.602. The highest BCUT2D eigenvalue weighted by molar-refractivity contribution is 5.54. The van der Waals surface area contributed by atoms with Crippen LogP contribution in [0.5, 0.6) is 0 Å². The zero-order valence-electron chi connectivity index (χ0n) is 5.45. The smallest absolute Gasteiger partial charge is 0.127 e. The minimum absolute atomic E-state index is 0.265. The minimum Gasteiger partial charge on any atom is -0.396 e. The van der Waals surface area contributed by atoms with Gasteiger partial charge in [0.1, 0.15) is 6.29 Å². The number of hydrogen-bond donors (Lipinski definition) is 2. The summed E-state index contributed by atoms with van der Waals surface area (Å²) in [5.41, 5.74) is 0. The first-order valence-electron chi connectivity index (χ1n) is 3.00. The number of carbonyl (C=O) groups excluding carboxylic acids is 1. The van der Waals surface area contributed by atoms with Gasteiger partial charge in [-0.25, -0.2) is 0 Å². The molecule has 0 saturated carbocycles. The lowest BCUT2D eigenvalue weighted by molar-refractivity contribution is -0.115. The lowest BCUT2D eigenvalue weighted by Crippen LogP contribution is -2.23. The average molecular weight is 132 g/mol. The van der Waals surface area contributed by atoms with E-state index < -0.39 is 12.0 Å². The highest BCUT2D eigenvalue weighted by atomic mass is 16.3. The van der Waals surface area contributed by atoms with Gasteiger partial charge in [-0.05, 0) is 6.42 Å². The van der Waals surface area contributed by atoms with E-state index in [1.165, 1.54) is 0 Å². The van der Waals surface area contributed by atoms with Gasteiger partial charge >= 0.3 is 0 Å². The first-order chi connectivity index (χ1) is 4.26. The van der Waals surface area contributed by atoms with E-state index in [2.05, 4.69) is 0 Å². The standard InChI is InChI=1S/C6H12O3/c1-2-6(9)5(3-7)4-8/h3,5-6,8-9H,2,4H2,1H3. The summed E-state index contributed by atoms with van der Waals surface area (Å²) in [6, 6.07) is 0. The molecule has 0 aromatic carbocycles. The summed E-state index contributed by atoms with van der Waals surface area (Å²) in [7, 11) is 0. The molecule has 0 spiro atoms. The Bertz CT molecular complexity index is 82.4. The Morgan fingerprint density at radius 3 is 2.33 bits per heavy atom. The third-order valence-electron chi connectivity index (χ3n) is 1.30. The maximum atomic E-state index is 10.0. The van der Waals surface area contributed by atoms with Crippen LogP contribution in [0.15, 0.2) is 0 Å². The van der Waals surface area contributed by atoms with Crippen LogP contribution in [0.4, 0.5) is 0 Å². The van der Waals surface area contributed by atoms with Crippen LogP contribution in [-0.4, -0.2) is 29.2 Å². The SMILES string of the molecule is CCC(O)C(C=O)CO. The van der Waals surface area contributed by atoms with Crippen LogP contribution >= 0.6 is 0 Å². The van der Waals surface area contributed by atoms with Crippen LogP contribution in [0.1, 0.15) is 13.3 Å². The molecular formula is C6H12O3. The van der Waals surface area contributed by atoms with E-state index in [1.807, 2.05) is 0 Å². The summed E-state index contributed by atoms with van der Waals surface area (Å²) in [6.07, 6.45) is 0.394. The van der Waals surface area contributed by atoms with E-state index in [0.717, 1.165) is 0 Å². The molecule has 2 atom stereocenters. The van der Waals surface area contributed by atoms with Gasteiger partial charge in [-0.2, -0.15) is 0 Å². The Kier molecular flexibility index (Phi) is 4.26. The summed E-state index contributed by atoms with van der Waals surface area (Å²) in [6.45, 7) is 1.50. The van der Waals surface area contributed by atoms with E-state index in [0.29, 0.717) is 12.7 Å². The van der Waals surface area contributed by atoms with Crippen LogP contribution in [0.25, 0.3) is 0 Å². The molecule has 9 heavy (non-hydrogen) atoms. The van der Waals surface area contributed by atoms with Gasteiger partial charge in [-0.1, -0.05) is 6.92 Å². The largest absolute Gasteiger partial charge is 0.396 e. The van der Waals surface area contributed by atoms with Gasteiger partial charge in [-0.3, -0.25) is 0 Å². The van der Waals surface area contributed by atoms with E-state index in [1.54, 1.807) is 6.92 Å². The predicted molar refractivity (Wildman–Crippen MR) is 32.9 cm³/mol. The summed E-state index contributed by atoms with van der Waals surface area (Å²) in [5, 5.41) is 17.4.